The number of rotatable bonds is 5. The minimum absolute atomic E-state index is 0.599. The molecule has 1 aliphatic rings. The number of anilines is 1. The van der Waals surface area contributed by atoms with Crippen molar-refractivity contribution in [2.75, 3.05) is 11.9 Å². The molecule has 0 fully saturated rings. The average Bonchev–Trinajstić information content (AvgIpc) is 3.04. The molecule has 100 valence electrons. The predicted octanol–water partition coefficient (Wildman–Crippen LogP) is 3.64. The molecule has 2 aromatic rings. The Kier molecular flexibility index (Phi) is 3.69. The van der Waals surface area contributed by atoms with E-state index >= 15 is 0 Å². The van der Waals surface area contributed by atoms with E-state index in [1.54, 1.807) is 11.3 Å². The van der Waals surface area contributed by atoms with Crippen LogP contribution in [0.25, 0.3) is 0 Å². The summed E-state index contributed by atoms with van der Waals surface area (Å²) in [6.45, 7) is 3.57. The summed E-state index contributed by atoms with van der Waals surface area (Å²) in [5, 5.41) is 4.18. The van der Waals surface area contributed by atoms with Crippen LogP contribution >= 0.6 is 11.3 Å². The third-order valence-corrected chi connectivity index (χ3v) is 4.26. The molecule has 1 aromatic heterocycles. The van der Waals surface area contributed by atoms with Crippen molar-refractivity contribution < 1.29 is 4.74 Å². The molecule has 0 amide bonds. The normalized spacial score (nSPS) is 13.3. The van der Waals surface area contributed by atoms with Crippen LogP contribution in [0.5, 0.6) is 5.75 Å². The largest absolute Gasteiger partial charge is 0.488 e. The van der Waals surface area contributed by atoms with Crippen LogP contribution in [-0.2, 0) is 19.4 Å². The summed E-state index contributed by atoms with van der Waals surface area (Å²) < 4.78 is 5.85. The molecule has 1 aliphatic carbocycles. The van der Waals surface area contributed by atoms with E-state index in [2.05, 4.69) is 35.4 Å². The van der Waals surface area contributed by atoms with Crippen molar-refractivity contribution in [2.24, 2.45) is 0 Å². The van der Waals surface area contributed by atoms with Crippen molar-refractivity contribution >= 4 is 16.5 Å². The van der Waals surface area contributed by atoms with Gasteiger partial charge in [0.2, 0.25) is 0 Å². The number of aryl methyl sites for hydroxylation is 2. The fraction of sp³-hybridized carbons (Fsp3) is 0.400. The molecule has 19 heavy (non-hydrogen) atoms. The van der Waals surface area contributed by atoms with Crippen LogP contribution in [0.3, 0.4) is 0 Å². The first-order valence-corrected chi connectivity index (χ1v) is 7.60. The van der Waals surface area contributed by atoms with E-state index in [1.807, 2.05) is 6.20 Å². The highest BCUT2D eigenvalue weighted by molar-refractivity contribution is 7.15. The second-order valence-electron chi connectivity index (χ2n) is 4.73. The molecule has 0 radical (unpaired) electrons. The van der Waals surface area contributed by atoms with Gasteiger partial charge in [-0.3, -0.25) is 0 Å². The summed E-state index contributed by atoms with van der Waals surface area (Å²) in [6.07, 6.45) is 5.57. The zero-order chi connectivity index (χ0) is 13.1. The maximum Gasteiger partial charge on any atom is 0.182 e. The quantitative estimate of drug-likeness (QED) is 0.904. The maximum absolute atomic E-state index is 5.85. The lowest BCUT2D eigenvalue weighted by molar-refractivity contribution is 0.309. The molecular formula is C15H18N2OS. The molecule has 0 unspecified atom stereocenters. The summed E-state index contributed by atoms with van der Waals surface area (Å²) in [4.78, 5) is 5.45. The van der Waals surface area contributed by atoms with Gasteiger partial charge in [0.15, 0.2) is 5.13 Å². The Labute approximate surface area is 117 Å². The highest BCUT2D eigenvalue weighted by Gasteiger charge is 2.11. The second kappa shape index (κ2) is 5.61. The number of nitrogens with one attached hydrogen (secondary N) is 1. The third-order valence-electron chi connectivity index (χ3n) is 3.33. The van der Waals surface area contributed by atoms with Crippen LogP contribution in [0.2, 0.25) is 0 Å². The van der Waals surface area contributed by atoms with Gasteiger partial charge in [-0.1, -0.05) is 17.4 Å². The second-order valence-corrected chi connectivity index (χ2v) is 5.85. The van der Waals surface area contributed by atoms with Crippen molar-refractivity contribution in [1.82, 2.24) is 4.98 Å². The number of benzene rings is 1. The van der Waals surface area contributed by atoms with Gasteiger partial charge in [0, 0.05) is 12.7 Å². The summed E-state index contributed by atoms with van der Waals surface area (Å²) in [6, 6.07) is 6.47. The molecule has 0 saturated heterocycles. The van der Waals surface area contributed by atoms with Gasteiger partial charge in [0.1, 0.15) is 12.4 Å². The van der Waals surface area contributed by atoms with Gasteiger partial charge < -0.3 is 10.1 Å². The highest BCUT2D eigenvalue weighted by Crippen LogP contribution is 2.27. The lowest BCUT2D eigenvalue weighted by Crippen LogP contribution is -1.94. The van der Waals surface area contributed by atoms with E-state index in [9.17, 15) is 0 Å². The molecule has 1 aromatic carbocycles. The van der Waals surface area contributed by atoms with Gasteiger partial charge in [-0.2, -0.15) is 0 Å². The molecule has 0 aliphatic heterocycles. The SMILES string of the molecule is CCNc1ncc(COc2ccc3c(c2)CCC3)s1. The number of thiazole rings is 1. The van der Waals surface area contributed by atoms with Gasteiger partial charge in [-0.15, -0.1) is 0 Å². The molecule has 1 heterocycles. The van der Waals surface area contributed by atoms with Crippen LogP contribution in [0.4, 0.5) is 5.13 Å². The van der Waals surface area contributed by atoms with Crippen molar-refractivity contribution in [1.29, 1.82) is 0 Å². The number of fused-ring (bicyclic) bond motifs is 1. The first-order chi connectivity index (χ1) is 9.35. The molecule has 0 saturated carbocycles. The van der Waals surface area contributed by atoms with E-state index < -0.39 is 0 Å². The molecule has 0 bridgehead atoms. The zero-order valence-electron chi connectivity index (χ0n) is 11.1. The summed E-state index contributed by atoms with van der Waals surface area (Å²) in [5.74, 6) is 0.971. The first kappa shape index (κ1) is 12.5. The minimum Gasteiger partial charge on any atom is -0.488 e. The van der Waals surface area contributed by atoms with E-state index in [4.69, 9.17) is 4.74 Å². The van der Waals surface area contributed by atoms with Crippen molar-refractivity contribution in [3.05, 3.63) is 40.4 Å². The number of hydrogen-bond donors (Lipinski definition) is 1. The monoisotopic (exact) mass is 274 g/mol. The van der Waals surface area contributed by atoms with E-state index in [-0.39, 0.29) is 0 Å². The van der Waals surface area contributed by atoms with Gasteiger partial charge >= 0.3 is 0 Å². The predicted molar refractivity (Wildman–Crippen MR) is 79.1 cm³/mol. The Morgan fingerprint density at radius 3 is 3.11 bits per heavy atom. The van der Waals surface area contributed by atoms with Gasteiger partial charge in [0.25, 0.3) is 0 Å². The Morgan fingerprint density at radius 1 is 1.32 bits per heavy atom. The lowest BCUT2D eigenvalue weighted by Gasteiger charge is -2.06. The van der Waals surface area contributed by atoms with Crippen molar-refractivity contribution in [2.45, 2.75) is 32.8 Å². The Balaban J connectivity index is 1.62. The first-order valence-electron chi connectivity index (χ1n) is 6.78. The minimum atomic E-state index is 0.599. The average molecular weight is 274 g/mol. The molecule has 1 N–H and O–H groups in total. The molecule has 3 nitrogen and oxygen atoms in total. The number of nitrogens with zero attached hydrogens (tertiary/aromatic N) is 1. The molecule has 0 spiro atoms. The Morgan fingerprint density at radius 2 is 2.21 bits per heavy atom. The Bertz CT molecular complexity index is 565. The standard InChI is InChI=1S/C15H18N2OS/c1-2-16-15-17-9-14(19-15)10-18-13-7-6-11-4-3-5-12(11)8-13/h6-9H,2-5,10H2,1H3,(H,16,17). The van der Waals surface area contributed by atoms with Crippen LogP contribution in [-0.4, -0.2) is 11.5 Å². The molecular weight excluding hydrogens is 256 g/mol. The fourth-order valence-corrected chi connectivity index (χ4v) is 3.19. The fourth-order valence-electron chi connectivity index (χ4n) is 2.40. The zero-order valence-corrected chi connectivity index (χ0v) is 11.9. The van der Waals surface area contributed by atoms with Crippen molar-refractivity contribution in [3.8, 4) is 5.75 Å². The van der Waals surface area contributed by atoms with Gasteiger partial charge in [0.05, 0.1) is 4.88 Å². The summed E-state index contributed by atoms with van der Waals surface area (Å²) in [7, 11) is 0. The van der Waals surface area contributed by atoms with E-state index in [1.165, 1.54) is 30.4 Å². The van der Waals surface area contributed by atoms with Crippen LogP contribution < -0.4 is 10.1 Å². The summed E-state index contributed by atoms with van der Waals surface area (Å²) >= 11 is 1.65. The van der Waals surface area contributed by atoms with Crippen molar-refractivity contribution in [3.63, 3.8) is 0 Å². The third kappa shape index (κ3) is 2.89. The number of ether oxygens (including phenoxy) is 1. The van der Waals surface area contributed by atoms with Gasteiger partial charge in [-0.25, -0.2) is 4.98 Å². The molecule has 3 rings (SSSR count). The topological polar surface area (TPSA) is 34.2 Å². The van der Waals surface area contributed by atoms with Crippen LogP contribution in [0, 0.1) is 0 Å². The highest BCUT2D eigenvalue weighted by atomic mass is 32.1. The Hall–Kier alpha value is -1.55. The van der Waals surface area contributed by atoms with Gasteiger partial charge in [-0.05, 0) is 49.4 Å². The lowest BCUT2D eigenvalue weighted by atomic mass is 10.1. The summed E-state index contributed by atoms with van der Waals surface area (Å²) in [5.41, 5.74) is 2.94. The molecule has 0 atom stereocenters. The number of hydrogen-bond acceptors (Lipinski definition) is 4. The van der Waals surface area contributed by atoms with E-state index in [0.717, 1.165) is 22.3 Å². The van der Waals surface area contributed by atoms with Crippen LogP contribution in [0.1, 0.15) is 29.3 Å². The maximum atomic E-state index is 5.85. The van der Waals surface area contributed by atoms with E-state index in [0.29, 0.717) is 6.61 Å². The van der Waals surface area contributed by atoms with Crippen LogP contribution in [0.15, 0.2) is 24.4 Å². The number of aromatic nitrogens is 1. The molecule has 4 heteroatoms. The smallest absolute Gasteiger partial charge is 0.182 e.